The first kappa shape index (κ1) is 19.7. The van der Waals surface area contributed by atoms with E-state index >= 15 is 0 Å². The number of carboxylic acid groups (broad SMARTS) is 1. The molecule has 3 aromatic carbocycles. The Morgan fingerprint density at radius 3 is 2.40 bits per heavy atom. The van der Waals surface area contributed by atoms with E-state index in [4.69, 9.17) is 0 Å². The number of hydrogen-bond donors (Lipinski definition) is 1. The van der Waals surface area contributed by atoms with Gasteiger partial charge < -0.3 is 10.0 Å². The highest BCUT2D eigenvalue weighted by atomic mass is 19.4. The van der Waals surface area contributed by atoms with Gasteiger partial charge in [-0.15, -0.1) is 0 Å². The van der Waals surface area contributed by atoms with Gasteiger partial charge >= 0.3 is 12.1 Å². The minimum absolute atomic E-state index is 0.0477. The standard InChI is InChI=1S/C23H16F3NO3/c24-23(25,26)17-7-1-4-14(10-17)12-27-13-20-18(8-3-9-19(20)21(27)28)15-5-2-6-16(11-15)22(29)30/h1-11H,12-13H2,(H,29,30). The summed E-state index contributed by atoms with van der Waals surface area (Å²) in [5.74, 6) is -1.31. The van der Waals surface area contributed by atoms with Gasteiger partial charge in [-0.25, -0.2) is 4.79 Å². The van der Waals surface area contributed by atoms with Crippen LogP contribution in [0.15, 0.2) is 66.7 Å². The number of carboxylic acids is 1. The van der Waals surface area contributed by atoms with Gasteiger partial charge in [0.05, 0.1) is 11.1 Å². The largest absolute Gasteiger partial charge is 0.478 e. The van der Waals surface area contributed by atoms with Crippen molar-refractivity contribution in [2.75, 3.05) is 0 Å². The number of aromatic carboxylic acids is 1. The van der Waals surface area contributed by atoms with E-state index in [1.165, 1.54) is 23.1 Å². The molecule has 0 saturated heterocycles. The first-order valence-corrected chi connectivity index (χ1v) is 9.15. The van der Waals surface area contributed by atoms with Gasteiger partial charge in [0.15, 0.2) is 0 Å². The molecule has 4 rings (SSSR count). The summed E-state index contributed by atoms with van der Waals surface area (Å²) in [5, 5.41) is 9.24. The highest BCUT2D eigenvalue weighted by Gasteiger charge is 2.32. The third-order valence-corrected chi connectivity index (χ3v) is 5.09. The molecule has 1 N–H and O–H groups in total. The monoisotopic (exact) mass is 411 g/mol. The van der Waals surface area contributed by atoms with Crippen molar-refractivity contribution < 1.29 is 27.9 Å². The highest BCUT2D eigenvalue weighted by molar-refractivity contribution is 6.00. The summed E-state index contributed by atoms with van der Waals surface area (Å²) in [5.41, 5.74) is 2.37. The van der Waals surface area contributed by atoms with E-state index in [9.17, 15) is 27.9 Å². The van der Waals surface area contributed by atoms with Gasteiger partial charge in [0.2, 0.25) is 0 Å². The Balaban J connectivity index is 1.65. The number of amides is 1. The van der Waals surface area contributed by atoms with Gasteiger partial charge in [-0.1, -0.05) is 36.4 Å². The first-order valence-electron chi connectivity index (χ1n) is 9.15. The van der Waals surface area contributed by atoms with E-state index in [0.717, 1.165) is 23.3 Å². The third kappa shape index (κ3) is 3.66. The Bertz CT molecular complexity index is 1150. The van der Waals surface area contributed by atoms with Crippen molar-refractivity contribution in [2.24, 2.45) is 0 Å². The molecule has 7 heteroatoms. The van der Waals surface area contributed by atoms with Gasteiger partial charge in [-0.2, -0.15) is 13.2 Å². The number of fused-ring (bicyclic) bond motifs is 1. The lowest BCUT2D eigenvalue weighted by Gasteiger charge is -2.17. The lowest BCUT2D eigenvalue weighted by molar-refractivity contribution is -0.137. The molecule has 1 aliphatic rings. The average molecular weight is 411 g/mol. The molecule has 30 heavy (non-hydrogen) atoms. The number of benzene rings is 3. The van der Waals surface area contributed by atoms with Crippen LogP contribution in [0.2, 0.25) is 0 Å². The Morgan fingerprint density at radius 1 is 0.967 bits per heavy atom. The summed E-state index contributed by atoms with van der Waals surface area (Å²) in [6.45, 7) is 0.282. The van der Waals surface area contributed by atoms with Crippen LogP contribution in [0.25, 0.3) is 11.1 Å². The molecular formula is C23H16F3NO3. The fourth-order valence-electron chi connectivity index (χ4n) is 3.67. The van der Waals surface area contributed by atoms with Gasteiger partial charge in [-0.05, 0) is 52.6 Å². The maximum atomic E-state index is 13.0. The summed E-state index contributed by atoms with van der Waals surface area (Å²) >= 11 is 0. The molecule has 1 heterocycles. The molecule has 1 aliphatic heterocycles. The van der Waals surface area contributed by atoms with Crippen LogP contribution < -0.4 is 0 Å². The van der Waals surface area contributed by atoms with Crippen LogP contribution in [0.3, 0.4) is 0 Å². The molecule has 0 radical (unpaired) electrons. The maximum absolute atomic E-state index is 13.0. The van der Waals surface area contributed by atoms with Crippen LogP contribution >= 0.6 is 0 Å². The molecule has 0 aromatic heterocycles. The minimum Gasteiger partial charge on any atom is -0.478 e. The van der Waals surface area contributed by atoms with Crippen molar-refractivity contribution in [2.45, 2.75) is 19.3 Å². The van der Waals surface area contributed by atoms with E-state index in [1.54, 1.807) is 36.4 Å². The molecule has 0 unspecified atom stereocenters. The van der Waals surface area contributed by atoms with Crippen LogP contribution in [0.1, 0.15) is 37.4 Å². The molecule has 0 atom stereocenters. The fraction of sp³-hybridized carbons (Fsp3) is 0.130. The fourth-order valence-corrected chi connectivity index (χ4v) is 3.67. The van der Waals surface area contributed by atoms with Crippen LogP contribution in [-0.4, -0.2) is 21.9 Å². The van der Waals surface area contributed by atoms with E-state index < -0.39 is 17.7 Å². The van der Waals surface area contributed by atoms with Gasteiger partial charge in [-0.3, -0.25) is 4.79 Å². The number of hydrogen-bond acceptors (Lipinski definition) is 2. The third-order valence-electron chi connectivity index (χ3n) is 5.09. The molecule has 0 saturated carbocycles. The molecule has 0 bridgehead atoms. The average Bonchev–Trinajstić information content (AvgIpc) is 3.03. The smallest absolute Gasteiger partial charge is 0.416 e. The van der Waals surface area contributed by atoms with Crippen LogP contribution in [0.5, 0.6) is 0 Å². The molecular weight excluding hydrogens is 395 g/mol. The normalized spacial score (nSPS) is 13.4. The molecule has 0 fully saturated rings. The highest BCUT2D eigenvalue weighted by Crippen LogP contribution is 2.34. The molecule has 1 amide bonds. The number of alkyl halides is 3. The van der Waals surface area contributed by atoms with Crippen molar-refractivity contribution in [3.8, 4) is 11.1 Å². The van der Waals surface area contributed by atoms with Crippen molar-refractivity contribution >= 4 is 11.9 Å². The second-order valence-corrected chi connectivity index (χ2v) is 7.08. The number of carbonyl (C=O) groups is 2. The summed E-state index contributed by atoms with van der Waals surface area (Å²) in [6, 6.07) is 16.6. The summed E-state index contributed by atoms with van der Waals surface area (Å²) in [4.78, 5) is 25.6. The maximum Gasteiger partial charge on any atom is 0.416 e. The SMILES string of the molecule is O=C(O)c1cccc(-c2cccc3c2CN(Cc2cccc(C(F)(F)F)c2)C3=O)c1. The van der Waals surface area contributed by atoms with Crippen LogP contribution in [0, 0.1) is 0 Å². The predicted octanol–water partition coefficient (Wildman–Crippen LogP) is 5.23. The summed E-state index contributed by atoms with van der Waals surface area (Å²) in [7, 11) is 0. The lowest BCUT2D eigenvalue weighted by atomic mass is 9.96. The van der Waals surface area contributed by atoms with Gasteiger partial charge in [0.25, 0.3) is 5.91 Å². The Morgan fingerprint density at radius 2 is 1.67 bits per heavy atom. The minimum atomic E-state index is -4.45. The first-order chi connectivity index (χ1) is 14.2. The van der Waals surface area contributed by atoms with Gasteiger partial charge in [0.1, 0.15) is 0 Å². The number of rotatable bonds is 4. The molecule has 0 spiro atoms. The Kier molecular flexibility index (Phi) is 4.81. The van der Waals surface area contributed by atoms with Crippen LogP contribution in [0.4, 0.5) is 13.2 Å². The van der Waals surface area contributed by atoms with E-state index in [2.05, 4.69) is 0 Å². The van der Waals surface area contributed by atoms with Crippen molar-refractivity contribution in [1.29, 1.82) is 0 Å². The molecule has 152 valence electrons. The Hall–Kier alpha value is -3.61. The van der Waals surface area contributed by atoms with Crippen molar-refractivity contribution in [3.63, 3.8) is 0 Å². The van der Waals surface area contributed by atoms with E-state index in [1.807, 2.05) is 0 Å². The second kappa shape index (κ2) is 7.33. The second-order valence-electron chi connectivity index (χ2n) is 7.08. The van der Waals surface area contributed by atoms with E-state index in [0.29, 0.717) is 16.7 Å². The van der Waals surface area contributed by atoms with Crippen molar-refractivity contribution in [3.05, 3.63) is 94.5 Å². The quantitative estimate of drug-likeness (QED) is 0.640. The Labute approximate surface area is 170 Å². The molecule has 0 aliphatic carbocycles. The topological polar surface area (TPSA) is 57.6 Å². The van der Waals surface area contributed by atoms with E-state index in [-0.39, 0.29) is 24.6 Å². The number of halogens is 3. The predicted molar refractivity (Wildman–Crippen MR) is 104 cm³/mol. The molecule has 4 nitrogen and oxygen atoms in total. The van der Waals surface area contributed by atoms with Crippen LogP contribution in [-0.2, 0) is 19.3 Å². The zero-order chi connectivity index (χ0) is 21.5. The zero-order valence-electron chi connectivity index (χ0n) is 15.6. The summed E-state index contributed by atoms with van der Waals surface area (Å²) in [6.07, 6.45) is -4.45. The van der Waals surface area contributed by atoms with Crippen molar-refractivity contribution in [1.82, 2.24) is 4.90 Å². The lowest BCUT2D eigenvalue weighted by Crippen LogP contribution is -2.23. The summed E-state index contributed by atoms with van der Waals surface area (Å²) < 4.78 is 38.9. The number of carbonyl (C=O) groups excluding carboxylic acids is 1. The number of nitrogens with zero attached hydrogens (tertiary/aromatic N) is 1. The van der Waals surface area contributed by atoms with Gasteiger partial charge in [0, 0.05) is 18.7 Å². The molecule has 3 aromatic rings. The zero-order valence-corrected chi connectivity index (χ0v) is 15.6.